The molecule has 8 nitrogen and oxygen atoms in total. The molecule has 0 heterocycles. The smallest absolute Gasteiger partial charge is 0.870 e. The SMILES string of the molecule is O=[S-](=O)OOS(=O)(=O)[O-].[Na+].[Na+].[OH-]. The molecule has 0 rings (SSSR count). The van der Waals surface area contributed by atoms with Crippen molar-refractivity contribution in [2.75, 3.05) is 0 Å². The summed E-state index contributed by atoms with van der Waals surface area (Å²) in [6.45, 7) is 0. The van der Waals surface area contributed by atoms with Gasteiger partial charge in [0.1, 0.15) is 0 Å². The molecule has 0 spiro atoms. The molecule has 0 saturated carbocycles. The first-order chi connectivity index (χ1) is 3.92. The molecule has 12 heavy (non-hydrogen) atoms. The van der Waals surface area contributed by atoms with Gasteiger partial charge in [0.2, 0.25) is 10.4 Å². The molecule has 0 aromatic heterocycles. The minimum Gasteiger partial charge on any atom is -0.870 e. The molecule has 0 atom stereocenters. The third-order valence-electron chi connectivity index (χ3n) is 0.167. The second-order valence-electron chi connectivity index (χ2n) is 0.748. The van der Waals surface area contributed by atoms with Gasteiger partial charge in [0.05, 0.1) is 11.0 Å². The molecule has 12 heteroatoms. The third kappa shape index (κ3) is 22.6. The molecule has 1 N–H and O–H groups in total. The predicted molar refractivity (Wildman–Crippen MR) is 22.5 cm³/mol. The molecule has 0 amide bonds. The van der Waals surface area contributed by atoms with E-state index in [0.29, 0.717) is 0 Å². The van der Waals surface area contributed by atoms with Gasteiger partial charge in [0.25, 0.3) is 0 Å². The van der Waals surface area contributed by atoms with Gasteiger partial charge in [-0.1, -0.05) is 0 Å². The van der Waals surface area contributed by atoms with Gasteiger partial charge in [0.15, 0.2) is 0 Å². The fourth-order valence-corrected chi connectivity index (χ4v) is 0.510. The zero-order valence-corrected chi connectivity index (χ0v) is 11.8. The van der Waals surface area contributed by atoms with Gasteiger partial charge < -0.3 is 18.4 Å². The van der Waals surface area contributed by atoms with E-state index in [1.54, 1.807) is 0 Å². The Morgan fingerprint density at radius 2 is 1.50 bits per heavy atom. The molecule has 0 aromatic rings. The molecule has 64 valence electrons. The summed E-state index contributed by atoms with van der Waals surface area (Å²) >= 11 is 0. The summed E-state index contributed by atoms with van der Waals surface area (Å²) in [7, 11) is -8.25. The van der Waals surface area contributed by atoms with Crippen LogP contribution < -0.4 is 59.1 Å². The second-order valence-corrected chi connectivity index (χ2v) is 2.25. The predicted octanol–water partition coefficient (Wildman–Crippen LogP) is -7.55. The maximum atomic E-state index is 9.36. The fraction of sp³-hybridized carbons (Fsp3) is 0. The van der Waals surface area contributed by atoms with Crippen molar-refractivity contribution in [1.82, 2.24) is 0 Å². The number of hydrogen-bond donors (Lipinski definition) is 0. The van der Waals surface area contributed by atoms with Crippen LogP contribution in [0.4, 0.5) is 0 Å². The van der Waals surface area contributed by atoms with Crippen LogP contribution in [0, 0.1) is 0 Å². The van der Waals surface area contributed by atoms with Gasteiger partial charge in [-0.05, 0) is 0 Å². The number of hydrogen-bond acceptors (Lipinski definition) is 9. The standard InChI is InChI=1S/2Na.HO7S2.H2O/c;;1-8(2)6-7-9(3,4)5;/h;;(H,3,4,5);1H2/q2*+1;-1;/p-2. The van der Waals surface area contributed by atoms with Crippen LogP contribution in [0.1, 0.15) is 0 Å². The Balaban J connectivity index is -0.000000107. The Bertz CT molecular complexity index is 228. The Hall–Kier alpha value is 1.74. The summed E-state index contributed by atoms with van der Waals surface area (Å²) in [6.07, 6.45) is 0. The van der Waals surface area contributed by atoms with Gasteiger partial charge in [-0.2, -0.15) is 0 Å². The normalized spacial score (nSPS) is 9.17. The van der Waals surface area contributed by atoms with Crippen LogP contribution in [0.15, 0.2) is 0 Å². The molecule has 0 aromatic carbocycles. The Labute approximate surface area is 115 Å². The molecule has 0 radical (unpaired) electrons. The van der Waals surface area contributed by atoms with E-state index in [-0.39, 0.29) is 64.6 Å². The molecule has 0 aliphatic heterocycles. The van der Waals surface area contributed by atoms with Gasteiger partial charge in [0, 0.05) is 0 Å². The Morgan fingerprint density at radius 3 is 1.58 bits per heavy atom. The van der Waals surface area contributed by atoms with E-state index in [0.717, 1.165) is 0 Å². The largest absolute Gasteiger partial charge is 1.00 e. The van der Waals surface area contributed by atoms with E-state index in [4.69, 9.17) is 0 Å². The summed E-state index contributed by atoms with van der Waals surface area (Å²) in [6, 6.07) is 0. The molecular formula is HNa2O8S2-. The van der Waals surface area contributed by atoms with Crippen LogP contribution in [0.2, 0.25) is 0 Å². The van der Waals surface area contributed by atoms with Gasteiger partial charge >= 0.3 is 59.1 Å². The fourth-order valence-electron chi connectivity index (χ4n) is 0.0567. The number of rotatable bonds is 3. The first-order valence-electron chi connectivity index (χ1n) is 1.33. The summed E-state index contributed by atoms with van der Waals surface area (Å²) in [5.74, 6) is 0. The maximum absolute atomic E-state index is 9.36. The van der Waals surface area contributed by atoms with E-state index >= 15 is 0 Å². The van der Waals surface area contributed by atoms with E-state index in [1.165, 1.54) is 0 Å². The van der Waals surface area contributed by atoms with Crippen molar-refractivity contribution in [3.8, 4) is 0 Å². The van der Waals surface area contributed by atoms with Crippen LogP contribution in [0.5, 0.6) is 0 Å². The molecule has 0 aliphatic rings. The molecule has 0 aliphatic carbocycles. The second kappa shape index (κ2) is 10.8. The minimum absolute atomic E-state index is 0. The third-order valence-corrected chi connectivity index (χ3v) is 0.667. The molecule has 0 fully saturated rings. The van der Waals surface area contributed by atoms with Crippen molar-refractivity contribution in [3.63, 3.8) is 0 Å². The zero-order chi connectivity index (χ0) is 7.49. The van der Waals surface area contributed by atoms with E-state index in [1.807, 2.05) is 0 Å². The summed E-state index contributed by atoms with van der Waals surface area (Å²) < 4.78 is 52.4. The van der Waals surface area contributed by atoms with Crippen LogP contribution in [-0.4, -0.2) is 18.4 Å². The van der Waals surface area contributed by atoms with E-state index in [9.17, 15) is 21.4 Å². The summed E-state index contributed by atoms with van der Waals surface area (Å²) in [5, 5.41) is 0. The monoisotopic (exact) mass is 239 g/mol. The van der Waals surface area contributed by atoms with E-state index < -0.39 is 21.4 Å². The average Bonchev–Trinajstić information content (AvgIpc) is 1.59. The Kier molecular flexibility index (Phi) is 21.2. The van der Waals surface area contributed by atoms with Crippen LogP contribution in [-0.2, 0) is 38.5 Å². The maximum Gasteiger partial charge on any atom is 1.00 e. The molecule has 0 unspecified atom stereocenters. The van der Waals surface area contributed by atoms with Crippen LogP contribution in [0.25, 0.3) is 0 Å². The molecule has 0 bridgehead atoms. The van der Waals surface area contributed by atoms with Gasteiger partial charge in [-0.25, -0.2) is 8.42 Å². The van der Waals surface area contributed by atoms with Crippen LogP contribution in [0.3, 0.4) is 0 Å². The summed E-state index contributed by atoms with van der Waals surface area (Å²) in [4.78, 5) is 0. The van der Waals surface area contributed by atoms with Crippen molar-refractivity contribution in [2.24, 2.45) is 0 Å². The van der Waals surface area contributed by atoms with Gasteiger partial charge in [-0.15, -0.1) is 4.33 Å². The van der Waals surface area contributed by atoms with Gasteiger partial charge in [-0.3, -0.25) is 4.33 Å². The first kappa shape index (κ1) is 23.5. The topological polar surface area (TPSA) is 140 Å². The average molecular weight is 239 g/mol. The van der Waals surface area contributed by atoms with E-state index in [2.05, 4.69) is 8.67 Å². The molecular weight excluding hydrogens is 238 g/mol. The zero-order valence-electron chi connectivity index (χ0n) is 6.12. The van der Waals surface area contributed by atoms with Crippen molar-refractivity contribution < 1.29 is 94.6 Å². The summed E-state index contributed by atoms with van der Waals surface area (Å²) in [5.41, 5.74) is 0. The van der Waals surface area contributed by atoms with Crippen molar-refractivity contribution in [3.05, 3.63) is 0 Å². The first-order valence-corrected chi connectivity index (χ1v) is 3.67. The molecule has 0 saturated heterocycles. The van der Waals surface area contributed by atoms with Crippen molar-refractivity contribution in [1.29, 1.82) is 0 Å². The van der Waals surface area contributed by atoms with Crippen LogP contribution >= 0.6 is 0 Å². The van der Waals surface area contributed by atoms with Crippen molar-refractivity contribution in [2.45, 2.75) is 0 Å². The van der Waals surface area contributed by atoms with Crippen molar-refractivity contribution >= 4 is 21.4 Å². The Morgan fingerprint density at radius 1 is 1.17 bits per heavy atom. The quantitative estimate of drug-likeness (QED) is 0.118. The minimum atomic E-state index is -5.08.